The Hall–Kier alpha value is -2.37. The van der Waals surface area contributed by atoms with Crippen LogP contribution in [0.15, 0.2) is 28.7 Å². The molecule has 1 heterocycles. The summed E-state index contributed by atoms with van der Waals surface area (Å²) in [5.74, 6) is 2.22. The molecule has 0 fully saturated rings. The Morgan fingerprint density at radius 3 is 2.83 bits per heavy atom. The molecule has 23 heavy (non-hydrogen) atoms. The van der Waals surface area contributed by atoms with E-state index in [1.54, 1.807) is 7.11 Å². The van der Waals surface area contributed by atoms with Crippen molar-refractivity contribution in [1.82, 2.24) is 15.5 Å². The van der Waals surface area contributed by atoms with Crippen LogP contribution in [0, 0.1) is 0 Å². The lowest BCUT2D eigenvalue weighted by Gasteiger charge is -2.05. The van der Waals surface area contributed by atoms with Crippen LogP contribution in [-0.4, -0.2) is 29.8 Å². The number of hydrogen-bond acceptors (Lipinski definition) is 5. The maximum atomic E-state index is 11.9. The van der Waals surface area contributed by atoms with Gasteiger partial charge in [0.2, 0.25) is 17.7 Å². The highest BCUT2D eigenvalue weighted by molar-refractivity contribution is 5.76. The first-order valence-corrected chi connectivity index (χ1v) is 7.80. The van der Waals surface area contributed by atoms with E-state index in [1.807, 2.05) is 38.1 Å². The van der Waals surface area contributed by atoms with Crippen LogP contribution in [0.25, 0.3) is 0 Å². The van der Waals surface area contributed by atoms with E-state index >= 15 is 0 Å². The number of amides is 1. The summed E-state index contributed by atoms with van der Waals surface area (Å²) in [4.78, 5) is 11.9. The van der Waals surface area contributed by atoms with Crippen molar-refractivity contribution in [2.75, 3.05) is 13.7 Å². The van der Waals surface area contributed by atoms with Gasteiger partial charge in [0.15, 0.2) is 0 Å². The van der Waals surface area contributed by atoms with Crippen molar-refractivity contribution < 1.29 is 13.9 Å². The molecule has 0 radical (unpaired) electrons. The fraction of sp³-hybridized carbons (Fsp3) is 0.471. The summed E-state index contributed by atoms with van der Waals surface area (Å²) in [6, 6.07) is 7.74. The van der Waals surface area contributed by atoms with Gasteiger partial charge in [-0.2, -0.15) is 0 Å². The van der Waals surface area contributed by atoms with Gasteiger partial charge in [-0.05, 0) is 24.1 Å². The Morgan fingerprint density at radius 2 is 2.13 bits per heavy atom. The summed E-state index contributed by atoms with van der Waals surface area (Å²) in [6.07, 6.45) is 1.67. The molecule has 1 aromatic carbocycles. The van der Waals surface area contributed by atoms with Gasteiger partial charge < -0.3 is 14.5 Å². The number of hydrogen-bond donors (Lipinski definition) is 1. The standard InChI is InChI=1S/C17H23N3O3/c1-12(2)17-20-19-16(23-17)9-10-18-15(21)8-7-13-5-4-6-14(11-13)22-3/h4-6,11-12H,7-10H2,1-3H3,(H,18,21). The molecule has 6 nitrogen and oxygen atoms in total. The molecule has 0 aliphatic heterocycles. The van der Waals surface area contributed by atoms with Crippen molar-refractivity contribution in [3.63, 3.8) is 0 Å². The molecule has 1 N–H and O–H groups in total. The van der Waals surface area contributed by atoms with Gasteiger partial charge in [0.25, 0.3) is 0 Å². The normalized spacial score (nSPS) is 10.8. The predicted octanol–water partition coefficient (Wildman–Crippen LogP) is 2.49. The third-order valence-corrected chi connectivity index (χ3v) is 3.41. The Balaban J connectivity index is 1.70. The third-order valence-electron chi connectivity index (χ3n) is 3.41. The molecule has 0 unspecified atom stereocenters. The average Bonchev–Trinajstić information content (AvgIpc) is 3.02. The van der Waals surface area contributed by atoms with Gasteiger partial charge in [-0.3, -0.25) is 4.79 Å². The van der Waals surface area contributed by atoms with Crippen molar-refractivity contribution in [2.45, 2.75) is 39.0 Å². The van der Waals surface area contributed by atoms with Crippen molar-refractivity contribution in [1.29, 1.82) is 0 Å². The number of carbonyl (C=O) groups is 1. The number of nitrogens with zero attached hydrogens (tertiary/aromatic N) is 2. The number of aryl methyl sites for hydroxylation is 1. The Bertz CT molecular complexity index is 638. The number of carbonyl (C=O) groups excluding carboxylic acids is 1. The molecule has 0 saturated heterocycles. The minimum absolute atomic E-state index is 0.0106. The highest BCUT2D eigenvalue weighted by Gasteiger charge is 2.10. The molecule has 0 atom stereocenters. The second-order valence-electron chi connectivity index (χ2n) is 5.64. The lowest BCUT2D eigenvalue weighted by Crippen LogP contribution is -2.25. The minimum Gasteiger partial charge on any atom is -0.497 e. The van der Waals surface area contributed by atoms with E-state index in [-0.39, 0.29) is 11.8 Å². The van der Waals surface area contributed by atoms with Crippen LogP contribution >= 0.6 is 0 Å². The van der Waals surface area contributed by atoms with Gasteiger partial charge in [0, 0.05) is 25.3 Å². The van der Waals surface area contributed by atoms with Gasteiger partial charge in [0.1, 0.15) is 5.75 Å². The molecule has 0 spiro atoms. The average molecular weight is 317 g/mol. The van der Waals surface area contributed by atoms with Crippen molar-refractivity contribution in [3.8, 4) is 5.75 Å². The molecule has 1 aromatic heterocycles. The summed E-state index contributed by atoms with van der Waals surface area (Å²) >= 11 is 0. The van der Waals surface area contributed by atoms with Gasteiger partial charge >= 0.3 is 0 Å². The molecule has 2 aromatic rings. The van der Waals surface area contributed by atoms with Crippen LogP contribution in [0.4, 0.5) is 0 Å². The summed E-state index contributed by atoms with van der Waals surface area (Å²) < 4.78 is 10.7. The van der Waals surface area contributed by atoms with Gasteiger partial charge in [0.05, 0.1) is 7.11 Å². The van der Waals surface area contributed by atoms with Crippen molar-refractivity contribution in [2.24, 2.45) is 0 Å². The van der Waals surface area contributed by atoms with E-state index in [2.05, 4.69) is 15.5 Å². The molecular formula is C17H23N3O3. The maximum Gasteiger partial charge on any atom is 0.220 e. The first kappa shape index (κ1) is 17.0. The Labute approximate surface area is 136 Å². The first-order chi connectivity index (χ1) is 11.1. The predicted molar refractivity (Wildman–Crippen MR) is 86.4 cm³/mol. The van der Waals surface area contributed by atoms with E-state index in [9.17, 15) is 4.79 Å². The molecule has 0 aliphatic carbocycles. The van der Waals surface area contributed by atoms with Crippen LogP contribution in [0.3, 0.4) is 0 Å². The number of ether oxygens (including phenoxy) is 1. The maximum absolute atomic E-state index is 11.9. The van der Waals surface area contributed by atoms with Gasteiger partial charge in [-0.1, -0.05) is 26.0 Å². The third kappa shape index (κ3) is 5.39. The summed E-state index contributed by atoms with van der Waals surface area (Å²) in [5.41, 5.74) is 1.08. The molecule has 1 amide bonds. The summed E-state index contributed by atoms with van der Waals surface area (Å²) in [7, 11) is 1.63. The number of aromatic nitrogens is 2. The van der Waals surface area contributed by atoms with E-state index in [0.717, 1.165) is 11.3 Å². The monoisotopic (exact) mass is 317 g/mol. The topological polar surface area (TPSA) is 77.2 Å². The second kappa shape index (κ2) is 8.31. The van der Waals surface area contributed by atoms with Crippen LogP contribution in [0.2, 0.25) is 0 Å². The first-order valence-electron chi connectivity index (χ1n) is 7.80. The zero-order chi connectivity index (χ0) is 16.7. The largest absolute Gasteiger partial charge is 0.497 e. The summed E-state index contributed by atoms with van der Waals surface area (Å²) in [5, 5.41) is 10.8. The molecule has 2 rings (SSSR count). The SMILES string of the molecule is COc1cccc(CCC(=O)NCCc2nnc(C(C)C)o2)c1. The van der Waals surface area contributed by atoms with Crippen LogP contribution in [-0.2, 0) is 17.6 Å². The number of methoxy groups -OCH3 is 1. The fourth-order valence-corrected chi connectivity index (χ4v) is 2.08. The zero-order valence-electron chi connectivity index (χ0n) is 13.8. The van der Waals surface area contributed by atoms with Crippen LogP contribution < -0.4 is 10.1 Å². The highest BCUT2D eigenvalue weighted by Crippen LogP contribution is 2.14. The summed E-state index contributed by atoms with van der Waals surface area (Å²) in [6.45, 7) is 4.49. The van der Waals surface area contributed by atoms with E-state index in [4.69, 9.17) is 9.15 Å². The van der Waals surface area contributed by atoms with E-state index in [1.165, 1.54) is 0 Å². The van der Waals surface area contributed by atoms with E-state index < -0.39 is 0 Å². The molecule has 124 valence electrons. The smallest absolute Gasteiger partial charge is 0.220 e. The van der Waals surface area contributed by atoms with E-state index in [0.29, 0.717) is 37.6 Å². The molecule has 6 heteroatoms. The van der Waals surface area contributed by atoms with Crippen molar-refractivity contribution in [3.05, 3.63) is 41.6 Å². The second-order valence-corrected chi connectivity index (χ2v) is 5.64. The van der Waals surface area contributed by atoms with Crippen LogP contribution in [0.5, 0.6) is 5.75 Å². The Kier molecular flexibility index (Phi) is 6.14. The molecular weight excluding hydrogens is 294 g/mol. The van der Waals surface area contributed by atoms with Crippen LogP contribution in [0.1, 0.15) is 43.5 Å². The fourth-order valence-electron chi connectivity index (χ4n) is 2.08. The minimum atomic E-state index is 0.0106. The lowest BCUT2D eigenvalue weighted by molar-refractivity contribution is -0.121. The lowest BCUT2D eigenvalue weighted by atomic mass is 10.1. The number of benzene rings is 1. The molecule has 0 aliphatic rings. The molecule has 0 bridgehead atoms. The molecule has 0 saturated carbocycles. The Morgan fingerprint density at radius 1 is 1.30 bits per heavy atom. The van der Waals surface area contributed by atoms with Crippen molar-refractivity contribution >= 4 is 5.91 Å². The van der Waals surface area contributed by atoms with Gasteiger partial charge in [-0.25, -0.2) is 0 Å². The zero-order valence-corrected chi connectivity index (χ0v) is 13.8. The highest BCUT2D eigenvalue weighted by atomic mass is 16.5. The van der Waals surface area contributed by atoms with Gasteiger partial charge in [-0.15, -0.1) is 10.2 Å². The number of nitrogens with one attached hydrogen (secondary N) is 1. The quantitative estimate of drug-likeness (QED) is 0.809. The number of rotatable bonds is 8.